The summed E-state index contributed by atoms with van der Waals surface area (Å²) < 4.78 is 2.04. The third-order valence-corrected chi connectivity index (χ3v) is 4.30. The van der Waals surface area contributed by atoms with E-state index in [0.717, 1.165) is 13.1 Å². The summed E-state index contributed by atoms with van der Waals surface area (Å²) in [7, 11) is 0. The largest absolute Gasteiger partial charge is 0.303 e. The van der Waals surface area contributed by atoms with E-state index < -0.39 is 0 Å². The summed E-state index contributed by atoms with van der Waals surface area (Å²) in [6, 6.07) is 13.2. The second-order valence-corrected chi connectivity index (χ2v) is 6.34. The van der Waals surface area contributed by atoms with Gasteiger partial charge in [-0.1, -0.05) is 88.1 Å². The fourth-order valence-electron chi connectivity index (χ4n) is 2.85. The molecule has 0 saturated carbocycles. The van der Waals surface area contributed by atoms with Gasteiger partial charge in [0.15, 0.2) is 0 Å². The third-order valence-electron chi connectivity index (χ3n) is 4.30. The molecule has 1 aromatic rings. The molecule has 0 aliphatic heterocycles. The van der Waals surface area contributed by atoms with Crippen molar-refractivity contribution in [2.24, 2.45) is 0 Å². The van der Waals surface area contributed by atoms with E-state index >= 15 is 0 Å². The highest BCUT2D eigenvalue weighted by Crippen LogP contribution is 2.15. The van der Waals surface area contributed by atoms with E-state index in [1.54, 1.807) is 0 Å². The molecule has 2 nitrogen and oxygen atoms in total. The van der Waals surface area contributed by atoms with E-state index in [1.807, 2.05) is 4.58 Å². The molecule has 0 aliphatic carbocycles. The van der Waals surface area contributed by atoms with Gasteiger partial charge in [0.1, 0.15) is 0 Å². The van der Waals surface area contributed by atoms with Crippen LogP contribution in [-0.4, -0.2) is 23.7 Å². The van der Waals surface area contributed by atoms with E-state index in [1.165, 1.54) is 56.9 Å². The highest BCUT2D eigenvalue weighted by Gasteiger charge is 2.10. The Morgan fingerprint density at radius 1 is 0.955 bits per heavy atom. The normalized spacial score (nSPS) is 11.9. The number of hydrogen-bond acceptors (Lipinski definition) is 1. The molecule has 0 bridgehead atoms. The first kappa shape index (κ1) is 18.6. The van der Waals surface area contributed by atoms with Crippen molar-refractivity contribution >= 4 is 6.01 Å². The van der Waals surface area contributed by atoms with Crippen LogP contribution in [0, 0.1) is 5.41 Å². The minimum absolute atomic E-state index is 0.452. The highest BCUT2D eigenvalue weighted by atomic mass is 15.0. The van der Waals surface area contributed by atoms with Gasteiger partial charge in [0.05, 0.1) is 13.1 Å². The average molecular weight is 301 g/mol. The van der Waals surface area contributed by atoms with Crippen molar-refractivity contribution in [3.8, 4) is 0 Å². The Balaban J connectivity index is 2.16. The molecule has 1 atom stereocenters. The highest BCUT2D eigenvalue weighted by molar-refractivity contribution is 5.28. The van der Waals surface area contributed by atoms with Gasteiger partial charge < -0.3 is 0 Å². The smallest absolute Gasteiger partial charge is 0.220 e. The summed E-state index contributed by atoms with van der Waals surface area (Å²) in [5, 5.41) is 7.48. The van der Waals surface area contributed by atoms with Crippen LogP contribution in [0.5, 0.6) is 0 Å². The Bertz CT molecular complexity index is 432. The van der Waals surface area contributed by atoms with Gasteiger partial charge >= 0.3 is 6.01 Å². The van der Waals surface area contributed by atoms with Crippen molar-refractivity contribution in [2.75, 3.05) is 13.1 Å². The summed E-state index contributed by atoms with van der Waals surface area (Å²) >= 11 is 0. The van der Waals surface area contributed by atoms with Crippen LogP contribution in [-0.2, 0) is 0 Å². The molecule has 0 aliphatic rings. The molecule has 0 aromatic heterocycles. The lowest BCUT2D eigenvalue weighted by Gasteiger charge is -2.11. The molecular formula is C20H33N2+. The first-order valence-corrected chi connectivity index (χ1v) is 9.00. The van der Waals surface area contributed by atoms with E-state index in [4.69, 9.17) is 5.41 Å². The SMILES string of the molecule is CCCCCCCCCC[N+](=C=N)CC(C)c1ccccc1. The lowest BCUT2D eigenvalue weighted by molar-refractivity contribution is -0.525. The zero-order chi connectivity index (χ0) is 16.0. The monoisotopic (exact) mass is 301 g/mol. The van der Waals surface area contributed by atoms with E-state index in [9.17, 15) is 0 Å². The molecule has 1 unspecified atom stereocenters. The van der Waals surface area contributed by atoms with Crippen molar-refractivity contribution in [2.45, 2.75) is 71.1 Å². The van der Waals surface area contributed by atoms with Gasteiger partial charge in [0.25, 0.3) is 0 Å². The lowest BCUT2D eigenvalue weighted by Crippen LogP contribution is -2.18. The third kappa shape index (κ3) is 8.14. The Hall–Kier alpha value is -1.40. The van der Waals surface area contributed by atoms with Gasteiger partial charge in [0.2, 0.25) is 0 Å². The molecule has 122 valence electrons. The molecular weight excluding hydrogens is 268 g/mol. The van der Waals surface area contributed by atoms with Gasteiger partial charge in [-0.05, 0) is 18.4 Å². The second-order valence-electron chi connectivity index (χ2n) is 6.34. The molecule has 1 N–H and O–H groups in total. The summed E-state index contributed by atoms with van der Waals surface area (Å²) in [4.78, 5) is 0. The summed E-state index contributed by atoms with van der Waals surface area (Å²) in [5.41, 5.74) is 1.35. The maximum Gasteiger partial charge on any atom is 0.303 e. The van der Waals surface area contributed by atoms with Crippen molar-refractivity contribution in [1.82, 2.24) is 0 Å². The Morgan fingerprint density at radius 3 is 2.14 bits per heavy atom. The second kappa shape index (κ2) is 12.2. The molecule has 0 spiro atoms. The summed E-state index contributed by atoms with van der Waals surface area (Å²) in [6.07, 6.45) is 10.7. The fourth-order valence-corrected chi connectivity index (χ4v) is 2.85. The Morgan fingerprint density at radius 2 is 1.55 bits per heavy atom. The standard InChI is InChI=1S/C20H33N2/c1-3-4-5-6-7-8-9-13-16-22(18-21)17-19(2)20-14-11-10-12-15-20/h10-12,14-15,19,21H,3-9,13,16-17H2,1-2H3/q+1. The topological polar surface area (TPSA) is 26.9 Å². The van der Waals surface area contributed by atoms with Crippen molar-refractivity contribution in [3.63, 3.8) is 0 Å². The summed E-state index contributed by atoms with van der Waals surface area (Å²) in [5.74, 6) is 0.452. The first-order chi connectivity index (χ1) is 10.8. The molecule has 2 heteroatoms. The van der Waals surface area contributed by atoms with Crippen LogP contribution in [0.3, 0.4) is 0 Å². The van der Waals surface area contributed by atoms with Crippen molar-refractivity contribution in [1.29, 1.82) is 5.41 Å². The van der Waals surface area contributed by atoms with Crippen LogP contribution in [0.4, 0.5) is 0 Å². The molecule has 1 aromatic carbocycles. The predicted octanol–water partition coefficient (Wildman–Crippen LogP) is 5.70. The average Bonchev–Trinajstić information content (AvgIpc) is 2.56. The van der Waals surface area contributed by atoms with Crippen molar-refractivity contribution in [3.05, 3.63) is 35.9 Å². The minimum Gasteiger partial charge on any atom is -0.220 e. The van der Waals surface area contributed by atoms with Gasteiger partial charge in [-0.2, -0.15) is 0 Å². The maximum atomic E-state index is 7.48. The maximum absolute atomic E-state index is 7.48. The van der Waals surface area contributed by atoms with Gasteiger partial charge in [0, 0.05) is 5.92 Å². The number of rotatable bonds is 12. The van der Waals surface area contributed by atoms with E-state index in [0.29, 0.717) is 5.92 Å². The summed E-state index contributed by atoms with van der Waals surface area (Å²) in [6.45, 7) is 6.35. The van der Waals surface area contributed by atoms with E-state index in [2.05, 4.69) is 50.2 Å². The minimum atomic E-state index is 0.452. The quantitative estimate of drug-likeness (QED) is 0.291. The van der Waals surface area contributed by atoms with Gasteiger partial charge in [-0.3, -0.25) is 0 Å². The number of benzene rings is 1. The van der Waals surface area contributed by atoms with Crippen molar-refractivity contribution < 1.29 is 4.58 Å². The molecule has 0 radical (unpaired) electrons. The van der Waals surface area contributed by atoms with Crippen LogP contribution in [0.1, 0.15) is 76.7 Å². The first-order valence-electron chi connectivity index (χ1n) is 9.00. The number of nitrogens with zero attached hydrogens (tertiary/aromatic N) is 1. The molecule has 0 heterocycles. The fraction of sp³-hybridized carbons (Fsp3) is 0.650. The number of nitrogens with one attached hydrogen (secondary N) is 1. The van der Waals surface area contributed by atoms with Crippen LogP contribution < -0.4 is 0 Å². The van der Waals surface area contributed by atoms with E-state index in [-0.39, 0.29) is 0 Å². The molecule has 0 amide bonds. The number of hydrogen-bond donors (Lipinski definition) is 1. The number of unbranched alkanes of at least 4 members (excludes halogenated alkanes) is 7. The predicted molar refractivity (Wildman–Crippen MR) is 95.2 cm³/mol. The zero-order valence-electron chi connectivity index (χ0n) is 14.5. The molecule has 22 heavy (non-hydrogen) atoms. The molecule has 0 fully saturated rings. The molecule has 1 rings (SSSR count). The van der Waals surface area contributed by atoms with Crippen LogP contribution >= 0.6 is 0 Å². The Labute approximate surface area is 136 Å². The van der Waals surface area contributed by atoms with Gasteiger partial charge in [-0.25, -0.2) is 4.58 Å². The van der Waals surface area contributed by atoms with Gasteiger partial charge in [-0.15, -0.1) is 0 Å². The van der Waals surface area contributed by atoms with Crippen LogP contribution in [0.2, 0.25) is 0 Å². The van der Waals surface area contributed by atoms with Crippen LogP contribution in [0.15, 0.2) is 30.3 Å². The molecule has 0 saturated heterocycles. The lowest BCUT2D eigenvalue weighted by atomic mass is 10.0. The Kier molecular flexibility index (Phi) is 10.3. The zero-order valence-corrected chi connectivity index (χ0v) is 14.5. The van der Waals surface area contributed by atoms with Crippen LogP contribution in [0.25, 0.3) is 0 Å².